The minimum absolute atomic E-state index is 0.0154. The summed E-state index contributed by atoms with van der Waals surface area (Å²) >= 11 is 0. The maximum absolute atomic E-state index is 11.8. The molecule has 3 nitrogen and oxygen atoms in total. The lowest BCUT2D eigenvalue weighted by molar-refractivity contribution is -0.141. The van der Waals surface area contributed by atoms with Crippen molar-refractivity contribution in [3.8, 4) is 0 Å². The number of nitrogens with one attached hydrogen (secondary N) is 1. The Morgan fingerprint density at radius 3 is 2.35 bits per heavy atom. The molecule has 0 aliphatic heterocycles. The molecule has 0 rings (SSSR count). The van der Waals surface area contributed by atoms with Crippen LogP contribution in [0.5, 0.6) is 0 Å². The third-order valence-electron chi connectivity index (χ3n) is 2.60. The van der Waals surface area contributed by atoms with Crippen molar-refractivity contribution in [3.63, 3.8) is 0 Å². The molecule has 0 spiro atoms. The Morgan fingerprint density at radius 2 is 1.88 bits per heavy atom. The smallest absolute Gasteiger partial charge is 0.390 e. The largest absolute Gasteiger partial charge is 0.481 e. The summed E-state index contributed by atoms with van der Waals surface area (Å²) in [5, 5.41) is 11.4. The lowest BCUT2D eigenvalue weighted by Crippen LogP contribution is -2.30. The van der Waals surface area contributed by atoms with Crippen molar-refractivity contribution in [3.05, 3.63) is 0 Å². The third-order valence-corrected chi connectivity index (χ3v) is 2.60. The van der Waals surface area contributed by atoms with Crippen LogP contribution in [0.1, 0.15) is 39.5 Å². The van der Waals surface area contributed by atoms with Crippen LogP contribution in [0.4, 0.5) is 13.2 Å². The second-order valence-corrected chi connectivity index (χ2v) is 4.39. The van der Waals surface area contributed by atoms with Crippen LogP contribution in [-0.4, -0.2) is 29.8 Å². The van der Waals surface area contributed by atoms with E-state index >= 15 is 0 Å². The monoisotopic (exact) mass is 255 g/mol. The van der Waals surface area contributed by atoms with Gasteiger partial charge in [0.15, 0.2) is 0 Å². The van der Waals surface area contributed by atoms with Crippen molar-refractivity contribution in [2.24, 2.45) is 5.92 Å². The molecule has 2 N–H and O–H groups in total. The highest BCUT2D eigenvalue weighted by Gasteiger charge is 2.26. The van der Waals surface area contributed by atoms with Crippen LogP contribution in [0.2, 0.25) is 0 Å². The van der Waals surface area contributed by atoms with E-state index in [0.29, 0.717) is 19.3 Å². The second-order valence-electron chi connectivity index (χ2n) is 4.39. The van der Waals surface area contributed by atoms with Crippen LogP contribution >= 0.6 is 0 Å². The summed E-state index contributed by atoms with van der Waals surface area (Å²) in [7, 11) is 0. The molecule has 0 aliphatic carbocycles. The van der Waals surface area contributed by atoms with Gasteiger partial charge in [0.1, 0.15) is 0 Å². The van der Waals surface area contributed by atoms with Gasteiger partial charge in [0.05, 0.1) is 12.3 Å². The Bertz CT molecular complexity index is 231. The van der Waals surface area contributed by atoms with Crippen molar-refractivity contribution in [1.82, 2.24) is 5.32 Å². The van der Waals surface area contributed by atoms with E-state index in [0.717, 1.165) is 0 Å². The van der Waals surface area contributed by atoms with E-state index < -0.39 is 24.5 Å². The summed E-state index contributed by atoms with van der Waals surface area (Å²) < 4.78 is 35.5. The van der Waals surface area contributed by atoms with Crippen LogP contribution in [0.25, 0.3) is 0 Å². The number of alkyl halides is 3. The zero-order chi connectivity index (χ0) is 13.5. The van der Waals surface area contributed by atoms with Crippen molar-refractivity contribution in [2.75, 3.05) is 6.54 Å². The molecule has 0 bridgehead atoms. The van der Waals surface area contributed by atoms with Crippen molar-refractivity contribution >= 4 is 5.97 Å². The summed E-state index contributed by atoms with van der Waals surface area (Å²) in [6.45, 7) is 3.35. The number of rotatable bonds is 8. The number of hydrogen-bond acceptors (Lipinski definition) is 2. The van der Waals surface area contributed by atoms with Crippen molar-refractivity contribution in [1.29, 1.82) is 0 Å². The van der Waals surface area contributed by atoms with Gasteiger partial charge in [-0.2, -0.15) is 13.2 Å². The van der Waals surface area contributed by atoms with E-state index in [9.17, 15) is 18.0 Å². The molecule has 0 aliphatic rings. The van der Waals surface area contributed by atoms with Crippen LogP contribution in [-0.2, 0) is 4.79 Å². The maximum Gasteiger partial charge on any atom is 0.390 e. The summed E-state index contributed by atoms with van der Waals surface area (Å²) in [6, 6.07) is -0.0154. The van der Waals surface area contributed by atoms with Gasteiger partial charge in [-0.05, 0) is 19.8 Å². The first kappa shape index (κ1) is 16.2. The van der Waals surface area contributed by atoms with Crippen LogP contribution in [0, 0.1) is 5.92 Å². The van der Waals surface area contributed by atoms with Crippen LogP contribution in [0.3, 0.4) is 0 Å². The first-order valence-electron chi connectivity index (χ1n) is 5.75. The molecule has 0 amide bonds. The molecule has 0 aromatic rings. The molecule has 0 saturated carbocycles. The van der Waals surface area contributed by atoms with Gasteiger partial charge in [-0.25, -0.2) is 0 Å². The fourth-order valence-electron chi connectivity index (χ4n) is 1.42. The fraction of sp³-hybridized carbons (Fsp3) is 0.909. The quantitative estimate of drug-likeness (QED) is 0.701. The summed E-state index contributed by atoms with van der Waals surface area (Å²) in [5.74, 6) is -1.22. The molecule has 0 heterocycles. The number of halogens is 3. The van der Waals surface area contributed by atoms with Crippen LogP contribution in [0.15, 0.2) is 0 Å². The molecule has 0 aromatic heterocycles. The van der Waals surface area contributed by atoms with Crippen molar-refractivity contribution < 1.29 is 23.1 Å². The van der Waals surface area contributed by atoms with Crippen molar-refractivity contribution in [2.45, 2.75) is 51.7 Å². The number of carbonyl (C=O) groups is 1. The van der Waals surface area contributed by atoms with E-state index in [-0.39, 0.29) is 12.6 Å². The molecule has 2 atom stereocenters. The maximum atomic E-state index is 11.8. The Balaban J connectivity index is 3.53. The van der Waals surface area contributed by atoms with E-state index in [1.165, 1.54) is 0 Å². The van der Waals surface area contributed by atoms with Gasteiger partial charge in [-0.15, -0.1) is 0 Å². The highest BCUT2D eigenvalue weighted by atomic mass is 19.4. The molecule has 0 fully saturated rings. The summed E-state index contributed by atoms with van der Waals surface area (Å²) in [4.78, 5) is 10.5. The third kappa shape index (κ3) is 10.1. The average molecular weight is 255 g/mol. The summed E-state index contributed by atoms with van der Waals surface area (Å²) in [5.41, 5.74) is 0. The molecular formula is C11H20F3NO2. The second kappa shape index (κ2) is 7.53. The molecular weight excluding hydrogens is 235 g/mol. The van der Waals surface area contributed by atoms with Gasteiger partial charge in [0, 0.05) is 12.6 Å². The number of carboxylic acid groups (broad SMARTS) is 1. The van der Waals surface area contributed by atoms with Gasteiger partial charge in [0.25, 0.3) is 0 Å². The first-order valence-corrected chi connectivity index (χ1v) is 5.75. The fourth-order valence-corrected chi connectivity index (χ4v) is 1.42. The SMILES string of the molecule is CC(CCCC(C)C(=O)O)NCCC(F)(F)F. The number of aliphatic carboxylic acids is 1. The zero-order valence-corrected chi connectivity index (χ0v) is 10.2. The van der Waals surface area contributed by atoms with E-state index in [1.807, 2.05) is 6.92 Å². The molecule has 0 aromatic carbocycles. The zero-order valence-electron chi connectivity index (χ0n) is 10.2. The number of hydrogen-bond donors (Lipinski definition) is 2. The van der Waals surface area contributed by atoms with Gasteiger partial charge in [-0.3, -0.25) is 4.79 Å². The molecule has 0 radical (unpaired) electrons. The predicted octanol–water partition coefficient (Wildman–Crippen LogP) is 2.81. The Labute approximate surface area is 99.4 Å². The highest BCUT2D eigenvalue weighted by Crippen LogP contribution is 2.18. The van der Waals surface area contributed by atoms with Gasteiger partial charge >= 0.3 is 12.1 Å². The molecule has 6 heteroatoms. The Hall–Kier alpha value is -0.780. The topological polar surface area (TPSA) is 49.3 Å². The van der Waals surface area contributed by atoms with Crippen LogP contribution < -0.4 is 5.32 Å². The first-order chi connectivity index (χ1) is 7.72. The van der Waals surface area contributed by atoms with E-state index in [2.05, 4.69) is 5.32 Å². The number of carboxylic acids is 1. The minimum atomic E-state index is -4.12. The molecule has 102 valence electrons. The predicted molar refractivity (Wildman–Crippen MR) is 58.8 cm³/mol. The normalized spacial score (nSPS) is 15.6. The molecule has 2 unspecified atom stereocenters. The van der Waals surface area contributed by atoms with Gasteiger partial charge in [0.2, 0.25) is 0 Å². The Kier molecular flexibility index (Phi) is 7.18. The van der Waals surface area contributed by atoms with Gasteiger partial charge < -0.3 is 10.4 Å². The minimum Gasteiger partial charge on any atom is -0.481 e. The van der Waals surface area contributed by atoms with E-state index in [4.69, 9.17) is 5.11 Å². The highest BCUT2D eigenvalue weighted by molar-refractivity contribution is 5.69. The Morgan fingerprint density at radius 1 is 1.29 bits per heavy atom. The average Bonchev–Trinajstić information content (AvgIpc) is 2.15. The lowest BCUT2D eigenvalue weighted by Gasteiger charge is -2.15. The lowest BCUT2D eigenvalue weighted by atomic mass is 10.0. The molecule has 0 saturated heterocycles. The standard InChI is InChI=1S/C11H20F3NO2/c1-8(10(16)17)4-3-5-9(2)15-7-6-11(12,13)14/h8-9,15H,3-7H2,1-2H3,(H,16,17). The van der Waals surface area contributed by atoms with Gasteiger partial charge in [-0.1, -0.05) is 13.3 Å². The molecule has 17 heavy (non-hydrogen) atoms. The summed E-state index contributed by atoms with van der Waals surface area (Å²) in [6.07, 6.45) is -3.00. The van der Waals surface area contributed by atoms with E-state index in [1.54, 1.807) is 6.92 Å².